The lowest BCUT2D eigenvalue weighted by Gasteiger charge is -2.22. The highest BCUT2D eigenvalue weighted by molar-refractivity contribution is 14.0. The topological polar surface area (TPSA) is 71.0 Å². The van der Waals surface area contributed by atoms with Gasteiger partial charge >= 0.3 is 0 Å². The molecule has 2 aliphatic rings. The predicted octanol–water partition coefficient (Wildman–Crippen LogP) is 2.83. The number of nitrogens with zero attached hydrogens (tertiary/aromatic N) is 3. The largest absolute Gasteiger partial charge is 0.467 e. The van der Waals surface area contributed by atoms with Crippen LogP contribution in [0.15, 0.2) is 35.5 Å². The van der Waals surface area contributed by atoms with Gasteiger partial charge in [0.15, 0.2) is 24.4 Å². The molecule has 1 aromatic carbocycles. The van der Waals surface area contributed by atoms with Gasteiger partial charge in [-0.3, -0.25) is 4.99 Å². The molecule has 0 aliphatic carbocycles. The molecule has 0 saturated carbocycles. The monoisotopic (exact) mass is 545 g/mol. The Morgan fingerprint density at radius 1 is 1.35 bits per heavy atom. The zero-order valence-electron chi connectivity index (χ0n) is 17.2. The van der Waals surface area contributed by atoms with Crippen LogP contribution < -0.4 is 20.3 Å². The van der Waals surface area contributed by atoms with Gasteiger partial charge in [0, 0.05) is 44.5 Å². The van der Waals surface area contributed by atoms with Gasteiger partial charge in [-0.15, -0.1) is 24.0 Å². The molecule has 10 heteroatoms. The van der Waals surface area contributed by atoms with Crippen LogP contribution in [0.5, 0.6) is 5.75 Å². The molecule has 1 atom stereocenters. The van der Waals surface area contributed by atoms with E-state index in [4.69, 9.17) is 9.47 Å². The number of hydrogen-bond acceptors (Lipinski definition) is 5. The lowest BCUT2D eigenvalue weighted by atomic mass is 10.1. The maximum Gasteiger partial charge on any atom is 0.191 e. The second kappa shape index (κ2) is 10.9. The Bertz CT molecular complexity index is 931. The van der Waals surface area contributed by atoms with Crippen LogP contribution >= 0.6 is 24.0 Å². The molecular weight excluding hydrogens is 519 g/mol. The molecule has 168 valence electrons. The summed E-state index contributed by atoms with van der Waals surface area (Å²) in [6, 6.07) is 6.08. The van der Waals surface area contributed by atoms with Crippen molar-refractivity contribution < 1.29 is 18.3 Å². The fourth-order valence-corrected chi connectivity index (χ4v) is 3.83. The number of aliphatic imine (C=N–C) groups is 1. The Morgan fingerprint density at radius 3 is 3.03 bits per heavy atom. The first kappa shape index (κ1) is 23.5. The SMILES string of the molecule is CN=C(NCCc1cc(F)cc2c1OCOC2)NC1CCN(c2ncccc2F)C1.I. The average molecular weight is 545 g/mol. The average Bonchev–Trinajstić information content (AvgIpc) is 3.21. The number of anilines is 1. The zero-order chi connectivity index (χ0) is 20.9. The number of hydrogen-bond donors (Lipinski definition) is 2. The molecule has 2 N–H and O–H groups in total. The summed E-state index contributed by atoms with van der Waals surface area (Å²) in [5.74, 6) is 1.12. The van der Waals surface area contributed by atoms with E-state index in [0.29, 0.717) is 43.6 Å². The van der Waals surface area contributed by atoms with Gasteiger partial charge in [0.25, 0.3) is 0 Å². The lowest BCUT2D eigenvalue weighted by molar-refractivity contribution is -0.0172. The first-order valence-electron chi connectivity index (χ1n) is 9.98. The van der Waals surface area contributed by atoms with Crippen LogP contribution in [-0.4, -0.2) is 50.5 Å². The Balaban J connectivity index is 0.00000272. The van der Waals surface area contributed by atoms with Crippen molar-refractivity contribution in [1.82, 2.24) is 15.6 Å². The van der Waals surface area contributed by atoms with Crippen molar-refractivity contribution in [1.29, 1.82) is 0 Å². The minimum absolute atomic E-state index is 0. The molecule has 2 aliphatic heterocycles. The highest BCUT2D eigenvalue weighted by atomic mass is 127. The molecule has 0 radical (unpaired) electrons. The van der Waals surface area contributed by atoms with Crippen molar-refractivity contribution in [2.45, 2.75) is 25.5 Å². The number of rotatable bonds is 5. The number of nitrogens with one attached hydrogen (secondary N) is 2. The summed E-state index contributed by atoms with van der Waals surface area (Å²) in [6.07, 6.45) is 3.03. The molecule has 3 heterocycles. The van der Waals surface area contributed by atoms with Crippen LogP contribution in [0.2, 0.25) is 0 Å². The molecule has 1 fully saturated rings. The number of guanidine groups is 1. The molecule has 1 saturated heterocycles. The maximum absolute atomic E-state index is 14.0. The molecular formula is C21H26F2IN5O2. The Kier molecular flexibility index (Phi) is 8.24. The van der Waals surface area contributed by atoms with Gasteiger partial charge in [0.05, 0.1) is 6.61 Å². The molecule has 4 rings (SSSR count). The first-order chi connectivity index (χ1) is 14.6. The Hall–Kier alpha value is -2.21. The highest BCUT2D eigenvalue weighted by Crippen LogP contribution is 2.29. The van der Waals surface area contributed by atoms with E-state index in [1.807, 2.05) is 4.90 Å². The molecule has 31 heavy (non-hydrogen) atoms. The van der Waals surface area contributed by atoms with E-state index >= 15 is 0 Å². The summed E-state index contributed by atoms with van der Waals surface area (Å²) in [7, 11) is 1.70. The van der Waals surface area contributed by atoms with Crippen molar-refractivity contribution in [2.24, 2.45) is 4.99 Å². The van der Waals surface area contributed by atoms with Gasteiger partial charge in [0.2, 0.25) is 0 Å². The first-order valence-corrected chi connectivity index (χ1v) is 9.98. The van der Waals surface area contributed by atoms with Gasteiger partial charge in [-0.05, 0) is 42.7 Å². The minimum Gasteiger partial charge on any atom is -0.467 e. The van der Waals surface area contributed by atoms with Crippen molar-refractivity contribution in [3.63, 3.8) is 0 Å². The maximum atomic E-state index is 14.0. The summed E-state index contributed by atoms with van der Waals surface area (Å²) in [5.41, 5.74) is 1.53. The second-order valence-corrected chi connectivity index (χ2v) is 7.30. The molecule has 1 unspecified atom stereocenters. The van der Waals surface area contributed by atoms with Crippen LogP contribution in [0.25, 0.3) is 0 Å². The van der Waals surface area contributed by atoms with Gasteiger partial charge < -0.3 is 25.0 Å². The van der Waals surface area contributed by atoms with E-state index in [1.54, 1.807) is 19.3 Å². The highest BCUT2D eigenvalue weighted by Gasteiger charge is 2.26. The molecule has 0 bridgehead atoms. The van der Waals surface area contributed by atoms with Crippen LogP contribution in [0.1, 0.15) is 17.5 Å². The van der Waals surface area contributed by atoms with E-state index in [0.717, 1.165) is 24.1 Å². The third-order valence-electron chi connectivity index (χ3n) is 5.23. The standard InChI is InChI=1S/C21H25F2N5O2.HI/c1-24-21(27-17-5-8-28(11-17)20-18(23)3-2-6-25-20)26-7-4-14-9-16(22)10-15-12-29-13-30-19(14)15;/h2-3,6,9-10,17H,4-5,7-8,11-13H2,1H3,(H2,24,26,27);1H. The van der Waals surface area contributed by atoms with Crippen molar-refractivity contribution in [3.8, 4) is 5.75 Å². The van der Waals surface area contributed by atoms with Crippen LogP contribution in [-0.2, 0) is 17.8 Å². The van der Waals surface area contributed by atoms with E-state index in [9.17, 15) is 8.78 Å². The third-order valence-corrected chi connectivity index (χ3v) is 5.23. The lowest BCUT2D eigenvalue weighted by Crippen LogP contribution is -2.45. The zero-order valence-corrected chi connectivity index (χ0v) is 19.6. The van der Waals surface area contributed by atoms with Crippen LogP contribution in [0.4, 0.5) is 14.6 Å². The molecule has 0 spiro atoms. The fraction of sp³-hybridized carbons (Fsp3) is 0.429. The normalized spacial score (nSPS) is 18.1. The van der Waals surface area contributed by atoms with Gasteiger partial charge in [-0.1, -0.05) is 0 Å². The van der Waals surface area contributed by atoms with E-state index < -0.39 is 0 Å². The molecule has 0 amide bonds. The summed E-state index contributed by atoms with van der Waals surface area (Å²) in [5, 5.41) is 6.62. The predicted molar refractivity (Wildman–Crippen MR) is 125 cm³/mol. The van der Waals surface area contributed by atoms with Crippen LogP contribution in [0.3, 0.4) is 0 Å². The van der Waals surface area contributed by atoms with Crippen molar-refractivity contribution in [3.05, 3.63) is 53.2 Å². The molecule has 7 nitrogen and oxygen atoms in total. The fourth-order valence-electron chi connectivity index (χ4n) is 3.83. The summed E-state index contributed by atoms with van der Waals surface area (Å²) in [6.45, 7) is 2.45. The van der Waals surface area contributed by atoms with Crippen LogP contribution in [0, 0.1) is 11.6 Å². The summed E-state index contributed by atoms with van der Waals surface area (Å²) in [4.78, 5) is 10.3. The van der Waals surface area contributed by atoms with E-state index in [2.05, 4.69) is 20.6 Å². The van der Waals surface area contributed by atoms with Gasteiger partial charge in [-0.25, -0.2) is 13.8 Å². The molecule has 2 aromatic rings. The number of fused-ring (bicyclic) bond motifs is 1. The third kappa shape index (κ3) is 5.73. The van der Waals surface area contributed by atoms with E-state index in [-0.39, 0.29) is 48.4 Å². The van der Waals surface area contributed by atoms with Crippen molar-refractivity contribution >= 4 is 35.8 Å². The number of ether oxygens (including phenoxy) is 2. The number of pyridine rings is 1. The van der Waals surface area contributed by atoms with Crippen molar-refractivity contribution in [2.75, 3.05) is 38.4 Å². The minimum atomic E-state index is -0.313. The quantitative estimate of drug-likeness (QED) is 0.342. The smallest absolute Gasteiger partial charge is 0.191 e. The van der Waals surface area contributed by atoms with E-state index in [1.165, 1.54) is 18.2 Å². The number of aromatic nitrogens is 1. The molecule has 1 aromatic heterocycles. The summed E-state index contributed by atoms with van der Waals surface area (Å²) < 4.78 is 38.6. The Labute approximate surface area is 197 Å². The van der Waals surface area contributed by atoms with Gasteiger partial charge in [0.1, 0.15) is 11.6 Å². The summed E-state index contributed by atoms with van der Waals surface area (Å²) >= 11 is 0. The van der Waals surface area contributed by atoms with Gasteiger partial charge in [-0.2, -0.15) is 0 Å². The number of halogens is 3. The second-order valence-electron chi connectivity index (χ2n) is 7.30. The number of benzene rings is 1. The Morgan fingerprint density at radius 2 is 2.23 bits per heavy atom.